The summed E-state index contributed by atoms with van der Waals surface area (Å²) in [4.78, 5) is 19.3. The minimum atomic E-state index is -5.04. The van der Waals surface area contributed by atoms with Gasteiger partial charge >= 0.3 is 11.9 Å². The van der Waals surface area contributed by atoms with E-state index in [1.807, 2.05) is 0 Å². The predicted molar refractivity (Wildman–Crippen MR) is 63.3 cm³/mol. The number of nitrogens with one attached hydrogen (secondary N) is 1. The third-order valence-corrected chi connectivity index (χ3v) is 2.36. The Morgan fingerprint density at radius 2 is 1.85 bits per heavy atom. The highest BCUT2D eigenvalue weighted by Gasteiger charge is 2.41. The molecule has 0 aliphatic heterocycles. The fraction of sp³-hybridized carbons (Fsp3) is 0.333. The van der Waals surface area contributed by atoms with Gasteiger partial charge in [0.15, 0.2) is 5.69 Å². The first-order valence-corrected chi connectivity index (χ1v) is 5.17. The third kappa shape index (κ3) is 2.70. The molecule has 0 amide bonds. The smallest absolute Gasteiger partial charge is 0.393 e. The molecule has 1 aromatic carbocycles. The molecule has 110 valence electrons. The first-order chi connectivity index (χ1) is 9.11. The van der Waals surface area contributed by atoms with Crippen LogP contribution in [-0.2, 0) is 6.18 Å². The summed E-state index contributed by atoms with van der Waals surface area (Å²) in [6.45, 7) is 1.51. The van der Waals surface area contributed by atoms with Gasteiger partial charge in [-0.05, 0) is 6.92 Å². The van der Waals surface area contributed by atoms with Gasteiger partial charge in [0.05, 0.1) is 15.4 Å². The molecule has 8 nitrogen and oxygen atoms in total. The van der Waals surface area contributed by atoms with Gasteiger partial charge in [0.25, 0.3) is 5.69 Å². The van der Waals surface area contributed by atoms with Crippen LogP contribution in [0.15, 0.2) is 6.07 Å². The van der Waals surface area contributed by atoms with Crippen molar-refractivity contribution in [3.63, 3.8) is 0 Å². The number of nitrogens with zero attached hydrogens (tertiary/aromatic N) is 2. The van der Waals surface area contributed by atoms with E-state index in [2.05, 4.69) is 5.32 Å². The molecule has 0 saturated carbocycles. The Balaban J connectivity index is 3.81. The number of rotatable bonds is 4. The van der Waals surface area contributed by atoms with Crippen LogP contribution in [0.5, 0.6) is 0 Å². The van der Waals surface area contributed by atoms with E-state index in [4.69, 9.17) is 5.73 Å². The number of alkyl halides is 3. The Morgan fingerprint density at radius 3 is 2.20 bits per heavy atom. The van der Waals surface area contributed by atoms with Crippen LogP contribution in [0.3, 0.4) is 0 Å². The fourth-order valence-corrected chi connectivity index (χ4v) is 1.59. The number of anilines is 2. The number of hydrogen-bond donors (Lipinski definition) is 2. The summed E-state index contributed by atoms with van der Waals surface area (Å²) in [5.74, 6) is 0. The van der Waals surface area contributed by atoms with Crippen LogP contribution >= 0.6 is 0 Å². The number of nitro benzene ring substituents is 2. The van der Waals surface area contributed by atoms with Crippen molar-refractivity contribution in [1.82, 2.24) is 0 Å². The van der Waals surface area contributed by atoms with Crippen LogP contribution in [-0.4, -0.2) is 16.4 Å². The molecule has 1 aromatic rings. The first-order valence-electron chi connectivity index (χ1n) is 5.17. The molecule has 0 fully saturated rings. The average Bonchev–Trinajstić information content (AvgIpc) is 2.26. The van der Waals surface area contributed by atoms with Crippen molar-refractivity contribution in [2.24, 2.45) is 0 Å². The lowest BCUT2D eigenvalue weighted by Gasteiger charge is -2.13. The van der Waals surface area contributed by atoms with Crippen molar-refractivity contribution in [2.45, 2.75) is 13.1 Å². The number of benzene rings is 1. The normalized spacial score (nSPS) is 11.2. The molecule has 0 unspecified atom stereocenters. The quantitative estimate of drug-likeness (QED) is 0.499. The first kappa shape index (κ1) is 15.5. The van der Waals surface area contributed by atoms with E-state index in [0.717, 1.165) is 0 Å². The zero-order chi connectivity index (χ0) is 15.7. The zero-order valence-corrected chi connectivity index (χ0v) is 10.0. The van der Waals surface area contributed by atoms with E-state index in [0.29, 0.717) is 0 Å². The summed E-state index contributed by atoms with van der Waals surface area (Å²) >= 11 is 0. The van der Waals surface area contributed by atoms with Gasteiger partial charge in [-0.25, -0.2) is 0 Å². The SMILES string of the molecule is CCNc1c([N+](=O)[O-])cc(C(F)(F)F)c(N)c1[N+](=O)[O-]. The summed E-state index contributed by atoms with van der Waals surface area (Å²) in [6.07, 6.45) is -5.04. The van der Waals surface area contributed by atoms with Crippen molar-refractivity contribution < 1.29 is 23.0 Å². The molecule has 0 aromatic heterocycles. The molecule has 0 atom stereocenters. The monoisotopic (exact) mass is 294 g/mol. The van der Waals surface area contributed by atoms with E-state index in [1.165, 1.54) is 6.92 Å². The molecular weight excluding hydrogens is 285 g/mol. The Labute approximate surface area is 109 Å². The van der Waals surface area contributed by atoms with Crippen LogP contribution in [0, 0.1) is 20.2 Å². The van der Waals surface area contributed by atoms with Gasteiger partial charge in [-0.2, -0.15) is 13.2 Å². The second-order valence-electron chi connectivity index (χ2n) is 3.62. The predicted octanol–water partition coefficient (Wildman–Crippen LogP) is 2.54. The van der Waals surface area contributed by atoms with E-state index < -0.39 is 44.3 Å². The van der Waals surface area contributed by atoms with Crippen LogP contribution in [0.25, 0.3) is 0 Å². The molecular formula is C9H9F3N4O4. The Kier molecular flexibility index (Phi) is 4.01. The van der Waals surface area contributed by atoms with E-state index in [1.54, 1.807) is 0 Å². The Bertz CT molecular complexity index is 573. The molecule has 3 N–H and O–H groups in total. The molecule has 0 aliphatic carbocycles. The minimum absolute atomic E-state index is 0.0342. The van der Waals surface area contributed by atoms with Crippen molar-refractivity contribution >= 4 is 22.7 Å². The standard InChI is InChI=1S/C9H9F3N4O4/c1-2-14-7-5(15(17)18)3-4(9(10,11)12)6(13)8(7)16(19)20/h3,14H,2,13H2,1H3. The van der Waals surface area contributed by atoms with Gasteiger partial charge in [0.1, 0.15) is 5.69 Å². The summed E-state index contributed by atoms with van der Waals surface area (Å²) in [6, 6.07) is 0.181. The number of nitro groups is 2. The fourth-order valence-electron chi connectivity index (χ4n) is 1.59. The van der Waals surface area contributed by atoms with Crippen molar-refractivity contribution in [3.05, 3.63) is 31.9 Å². The van der Waals surface area contributed by atoms with Crippen LogP contribution in [0.4, 0.5) is 35.9 Å². The molecule has 0 bridgehead atoms. The van der Waals surface area contributed by atoms with Gasteiger partial charge in [-0.3, -0.25) is 20.2 Å². The van der Waals surface area contributed by atoms with Crippen molar-refractivity contribution in [1.29, 1.82) is 0 Å². The second-order valence-corrected chi connectivity index (χ2v) is 3.62. The number of nitrogens with two attached hydrogens (primary N) is 1. The largest absolute Gasteiger partial charge is 0.418 e. The average molecular weight is 294 g/mol. The van der Waals surface area contributed by atoms with Crippen molar-refractivity contribution in [2.75, 3.05) is 17.6 Å². The lowest BCUT2D eigenvalue weighted by Crippen LogP contribution is -2.14. The molecule has 11 heteroatoms. The lowest BCUT2D eigenvalue weighted by atomic mass is 10.1. The van der Waals surface area contributed by atoms with E-state index in [-0.39, 0.29) is 12.6 Å². The van der Waals surface area contributed by atoms with Gasteiger partial charge in [0, 0.05) is 12.6 Å². The number of nitrogen functional groups attached to an aromatic ring is 1. The molecule has 0 heterocycles. The summed E-state index contributed by atoms with van der Waals surface area (Å²) in [5.41, 5.74) is -0.490. The zero-order valence-electron chi connectivity index (χ0n) is 10.0. The summed E-state index contributed by atoms with van der Waals surface area (Å²) in [7, 11) is 0. The van der Waals surface area contributed by atoms with Crippen molar-refractivity contribution in [3.8, 4) is 0 Å². The Hall–Kier alpha value is -2.59. The number of hydrogen-bond acceptors (Lipinski definition) is 6. The molecule has 1 rings (SSSR count). The van der Waals surface area contributed by atoms with E-state index in [9.17, 15) is 33.4 Å². The lowest BCUT2D eigenvalue weighted by molar-refractivity contribution is -0.392. The maximum atomic E-state index is 12.7. The van der Waals surface area contributed by atoms with Crippen LogP contribution in [0.1, 0.15) is 12.5 Å². The van der Waals surface area contributed by atoms with E-state index >= 15 is 0 Å². The molecule has 0 aliphatic rings. The highest BCUT2D eigenvalue weighted by molar-refractivity contribution is 5.85. The minimum Gasteiger partial charge on any atom is -0.393 e. The van der Waals surface area contributed by atoms with Gasteiger partial charge in [-0.1, -0.05) is 0 Å². The van der Waals surface area contributed by atoms with Gasteiger partial charge in [0.2, 0.25) is 0 Å². The summed E-state index contributed by atoms with van der Waals surface area (Å²) in [5, 5.41) is 24.0. The highest BCUT2D eigenvalue weighted by Crippen LogP contribution is 2.46. The molecule has 20 heavy (non-hydrogen) atoms. The topological polar surface area (TPSA) is 124 Å². The molecule has 0 saturated heterocycles. The van der Waals surface area contributed by atoms with Crippen LogP contribution in [0.2, 0.25) is 0 Å². The maximum absolute atomic E-state index is 12.7. The number of halogens is 3. The maximum Gasteiger partial charge on any atom is 0.418 e. The summed E-state index contributed by atoms with van der Waals surface area (Å²) < 4.78 is 38.1. The van der Waals surface area contributed by atoms with Gasteiger partial charge in [-0.15, -0.1) is 0 Å². The molecule has 0 spiro atoms. The van der Waals surface area contributed by atoms with Gasteiger partial charge < -0.3 is 11.1 Å². The molecule has 0 radical (unpaired) electrons. The Morgan fingerprint density at radius 1 is 1.30 bits per heavy atom. The van der Waals surface area contributed by atoms with Crippen LogP contribution < -0.4 is 11.1 Å². The highest BCUT2D eigenvalue weighted by atomic mass is 19.4. The second kappa shape index (κ2) is 5.19. The third-order valence-electron chi connectivity index (χ3n) is 2.36.